The standard InChI is InChI=1S/C17H18ClN5OS.HI/c1-11-6-7-25-14(11)9-20-17(19-2)21-10-15-22-16(23-24-15)12-4-3-5-13(18)8-12;/h3-8H,9-10H2,1-2H3,(H2,19,20,21);1H. The molecule has 0 spiro atoms. The summed E-state index contributed by atoms with van der Waals surface area (Å²) in [5, 5.41) is 13.1. The molecule has 138 valence electrons. The number of aromatic nitrogens is 2. The molecular formula is C17H19ClIN5OS. The zero-order valence-corrected chi connectivity index (χ0v) is 18.2. The summed E-state index contributed by atoms with van der Waals surface area (Å²) in [6.07, 6.45) is 0. The van der Waals surface area contributed by atoms with E-state index in [0.717, 1.165) is 12.1 Å². The Kier molecular flexibility index (Phi) is 7.85. The van der Waals surface area contributed by atoms with Crippen LogP contribution in [0.15, 0.2) is 45.2 Å². The van der Waals surface area contributed by atoms with E-state index >= 15 is 0 Å². The number of rotatable bonds is 5. The summed E-state index contributed by atoms with van der Waals surface area (Å²) < 4.78 is 5.28. The third kappa shape index (κ3) is 5.42. The first-order chi connectivity index (χ1) is 12.2. The Bertz CT molecular complexity index is 879. The molecule has 0 aliphatic carbocycles. The van der Waals surface area contributed by atoms with Gasteiger partial charge >= 0.3 is 0 Å². The van der Waals surface area contributed by atoms with Crippen molar-refractivity contribution in [1.29, 1.82) is 0 Å². The smallest absolute Gasteiger partial charge is 0.246 e. The van der Waals surface area contributed by atoms with Crippen LogP contribution < -0.4 is 10.6 Å². The summed E-state index contributed by atoms with van der Waals surface area (Å²) in [7, 11) is 1.72. The van der Waals surface area contributed by atoms with Gasteiger partial charge in [-0.25, -0.2) is 0 Å². The average molecular weight is 504 g/mol. The second-order valence-corrected chi connectivity index (χ2v) is 6.77. The maximum atomic E-state index is 5.99. The summed E-state index contributed by atoms with van der Waals surface area (Å²) >= 11 is 7.71. The zero-order chi connectivity index (χ0) is 17.6. The van der Waals surface area contributed by atoms with Crippen molar-refractivity contribution in [2.45, 2.75) is 20.0 Å². The fourth-order valence-corrected chi connectivity index (χ4v) is 3.24. The number of thiophene rings is 1. The van der Waals surface area contributed by atoms with E-state index in [4.69, 9.17) is 16.1 Å². The quantitative estimate of drug-likeness (QED) is 0.309. The SMILES string of the molecule is CN=C(NCc1nc(-c2cccc(Cl)c2)no1)NCc1sccc1C.I. The van der Waals surface area contributed by atoms with E-state index in [9.17, 15) is 0 Å². The van der Waals surface area contributed by atoms with Crippen molar-refractivity contribution in [3.63, 3.8) is 0 Å². The summed E-state index contributed by atoms with van der Waals surface area (Å²) in [5.41, 5.74) is 2.09. The van der Waals surface area contributed by atoms with Crippen molar-refractivity contribution in [2.75, 3.05) is 7.05 Å². The molecule has 0 fully saturated rings. The van der Waals surface area contributed by atoms with Gasteiger partial charge in [-0.05, 0) is 36.1 Å². The minimum Gasteiger partial charge on any atom is -0.352 e. The van der Waals surface area contributed by atoms with E-state index in [1.807, 2.05) is 12.1 Å². The maximum Gasteiger partial charge on any atom is 0.246 e. The van der Waals surface area contributed by atoms with Gasteiger partial charge in [-0.3, -0.25) is 4.99 Å². The minimum atomic E-state index is 0. The number of hydrogen-bond acceptors (Lipinski definition) is 5. The molecule has 1 aromatic carbocycles. The number of benzene rings is 1. The highest BCUT2D eigenvalue weighted by molar-refractivity contribution is 14.0. The van der Waals surface area contributed by atoms with Crippen LogP contribution in [-0.4, -0.2) is 23.1 Å². The van der Waals surface area contributed by atoms with Crippen LogP contribution in [0.3, 0.4) is 0 Å². The van der Waals surface area contributed by atoms with Crippen molar-refractivity contribution in [3.05, 3.63) is 57.1 Å². The molecule has 6 nitrogen and oxygen atoms in total. The predicted octanol–water partition coefficient (Wildman–Crippen LogP) is 4.24. The van der Waals surface area contributed by atoms with E-state index in [-0.39, 0.29) is 24.0 Å². The first-order valence-electron chi connectivity index (χ1n) is 7.71. The molecule has 26 heavy (non-hydrogen) atoms. The van der Waals surface area contributed by atoms with Gasteiger partial charge < -0.3 is 15.2 Å². The highest BCUT2D eigenvalue weighted by Gasteiger charge is 2.10. The maximum absolute atomic E-state index is 5.99. The molecule has 0 saturated carbocycles. The van der Waals surface area contributed by atoms with Gasteiger partial charge in [-0.1, -0.05) is 28.9 Å². The molecule has 0 bridgehead atoms. The van der Waals surface area contributed by atoms with Crippen LogP contribution in [-0.2, 0) is 13.1 Å². The van der Waals surface area contributed by atoms with Crippen LogP contribution in [0.4, 0.5) is 0 Å². The molecule has 0 amide bonds. The lowest BCUT2D eigenvalue weighted by atomic mass is 10.2. The molecular weight excluding hydrogens is 485 g/mol. The number of hydrogen-bond donors (Lipinski definition) is 2. The molecule has 0 radical (unpaired) electrons. The molecule has 0 aliphatic rings. The van der Waals surface area contributed by atoms with E-state index in [1.54, 1.807) is 30.5 Å². The molecule has 0 atom stereocenters. The normalized spacial score (nSPS) is 11.1. The number of nitrogens with zero attached hydrogens (tertiary/aromatic N) is 3. The summed E-state index contributed by atoms with van der Waals surface area (Å²) in [6, 6.07) is 9.45. The Hall–Kier alpha value is -1.65. The largest absolute Gasteiger partial charge is 0.352 e. The lowest BCUT2D eigenvalue weighted by Crippen LogP contribution is -2.36. The van der Waals surface area contributed by atoms with E-state index in [0.29, 0.717) is 29.2 Å². The van der Waals surface area contributed by atoms with Gasteiger partial charge in [-0.15, -0.1) is 35.3 Å². The van der Waals surface area contributed by atoms with Gasteiger partial charge in [0.2, 0.25) is 11.7 Å². The Labute approximate surface area is 178 Å². The van der Waals surface area contributed by atoms with Gasteiger partial charge in [0.25, 0.3) is 0 Å². The Morgan fingerprint density at radius 2 is 2.08 bits per heavy atom. The van der Waals surface area contributed by atoms with Crippen molar-refractivity contribution >= 4 is 52.9 Å². The van der Waals surface area contributed by atoms with Gasteiger partial charge in [0, 0.05) is 22.5 Å². The number of aliphatic imine (C=N–C) groups is 1. The number of aryl methyl sites for hydroxylation is 1. The van der Waals surface area contributed by atoms with Crippen LogP contribution in [0.5, 0.6) is 0 Å². The third-order valence-corrected chi connectivity index (χ3v) is 4.82. The first-order valence-corrected chi connectivity index (χ1v) is 8.97. The molecule has 2 aromatic heterocycles. The average Bonchev–Trinajstić information content (AvgIpc) is 3.24. The van der Waals surface area contributed by atoms with Crippen LogP contribution in [0.25, 0.3) is 11.4 Å². The van der Waals surface area contributed by atoms with E-state index in [2.05, 4.69) is 44.1 Å². The second-order valence-electron chi connectivity index (χ2n) is 5.33. The van der Waals surface area contributed by atoms with Gasteiger partial charge in [0.15, 0.2) is 5.96 Å². The molecule has 2 heterocycles. The molecule has 0 saturated heterocycles. The molecule has 2 N–H and O–H groups in total. The first kappa shape index (κ1) is 20.7. The molecule has 3 aromatic rings. The summed E-state index contributed by atoms with van der Waals surface area (Å²) in [4.78, 5) is 9.85. The van der Waals surface area contributed by atoms with E-state index < -0.39 is 0 Å². The van der Waals surface area contributed by atoms with Crippen LogP contribution in [0.1, 0.15) is 16.3 Å². The monoisotopic (exact) mass is 503 g/mol. The van der Waals surface area contributed by atoms with Crippen molar-refractivity contribution < 1.29 is 4.52 Å². The van der Waals surface area contributed by atoms with Crippen molar-refractivity contribution in [1.82, 2.24) is 20.8 Å². The number of guanidine groups is 1. The Balaban J connectivity index is 0.00000243. The third-order valence-electron chi connectivity index (χ3n) is 3.57. The van der Waals surface area contributed by atoms with Crippen LogP contribution >= 0.6 is 46.9 Å². The van der Waals surface area contributed by atoms with Gasteiger partial charge in [0.05, 0.1) is 13.1 Å². The lowest BCUT2D eigenvalue weighted by Gasteiger charge is -2.09. The van der Waals surface area contributed by atoms with Crippen molar-refractivity contribution in [3.8, 4) is 11.4 Å². The second kappa shape index (κ2) is 9.89. The lowest BCUT2D eigenvalue weighted by molar-refractivity contribution is 0.375. The van der Waals surface area contributed by atoms with E-state index in [1.165, 1.54) is 10.4 Å². The van der Waals surface area contributed by atoms with Crippen LogP contribution in [0.2, 0.25) is 5.02 Å². The Morgan fingerprint density at radius 3 is 2.77 bits per heavy atom. The highest BCUT2D eigenvalue weighted by atomic mass is 127. The van der Waals surface area contributed by atoms with Gasteiger partial charge in [-0.2, -0.15) is 4.98 Å². The van der Waals surface area contributed by atoms with Crippen molar-refractivity contribution in [2.24, 2.45) is 4.99 Å². The Morgan fingerprint density at radius 1 is 1.27 bits per heavy atom. The van der Waals surface area contributed by atoms with Crippen LogP contribution in [0, 0.1) is 6.92 Å². The topological polar surface area (TPSA) is 75.3 Å². The molecule has 0 unspecified atom stereocenters. The zero-order valence-electron chi connectivity index (χ0n) is 14.3. The summed E-state index contributed by atoms with van der Waals surface area (Å²) in [5.74, 6) is 1.66. The van der Waals surface area contributed by atoms with Gasteiger partial charge in [0.1, 0.15) is 0 Å². The highest BCUT2D eigenvalue weighted by Crippen LogP contribution is 2.19. The predicted molar refractivity (Wildman–Crippen MR) is 116 cm³/mol. The minimum absolute atomic E-state index is 0. The molecule has 3 rings (SSSR count). The molecule has 0 aliphatic heterocycles. The number of nitrogens with one attached hydrogen (secondary N) is 2. The summed E-state index contributed by atoms with van der Waals surface area (Å²) in [6.45, 7) is 3.21. The number of halogens is 2. The fourth-order valence-electron chi connectivity index (χ4n) is 2.20. The molecule has 9 heteroatoms. The fraction of sp³-hybridized carbons (Fsp3) is 0.235.